The van der Waals surface area contributed by atoms with E-state index in [0.29, 0.717) is 10.9 Å². The fourth-order valence-electron chi connectivity index (χ4n) is 2.78. The molecule has 1 unspecified atom stereocenters. The highest BCUT2D eigenvalue weighted by atomic mass is 35.5. The maximum absolute atomic E-state index is 10.5. The summed E-state index contributed by atoms with van der Waals surface area (Å²) in [5, 5.41) is 11.2. The van der Waals surface area contributed by atoms with Gasteiger partial charge in [0.25, 0.3) is 0 Å². The van der Waals surface area contributed by atoms with Crippen molar-refractivity contribution in [1.29, 1.82) is 0 Å². The molecule has 1 aromatic carbocycles. The second-order valence-corrected chi connectivity index (χ2v) is 5.52. The molecule has 1 saturated carbocycles. The maximum Gasteiger partial charge on any atom is 0.0885 e. The number of benzene rings is 1. The summed E-state index contributed by atoms with van der Waals surface area (Å²) in [7, 11) is 0. The van der Waals surface area contributed by atoms with Crippen molar-refractivity contribution in [3.63, 3.8) is 0 Å². The predicted molar refractivity (Wildman–Crippen MR) is 67.6 cm³/mol. The lowest BCUT2D eigenvalue weighted by molar-refractivity contribution is 0.0309. The first-order chi connectivity index (χ1) is 7.59. The lowest BCUT2D eigenvalue weighted by atomic mass is 9.85. The van der Waals surface area contributed by atoms with Crippen LogP contribution in [-0.4, -0.2) is 5.11 Å². The van der Waals surface area contributed by atoms with E-state index in [1.165, 1.54) is 25.7 Å². The van der Waals surface area contributed by atoms with Crippen LogP contribution in [0.2, 0.25) is 5.02 Å². The van der Waals surface area contributed by atoms with Gasteiger partial charge in [0.2, 0.25) is 0 Å². The van der Waals surface area contributed by atoms with Crippen molar-refractivity contribution in [2.24, 2.45) is 5.92 Å². The van der Waals surface area contributed by atoms with Crippen LogP contribution in [0.1, 0.15) is 44.6 Å². The highest BCUT2D eigenvalue weighted by Gasteiger charge is 2.30. The molecule has 0 heterocycles. The van der Waals surface area contributed by atoms with Gasteiger partial charge in [-0.1, -0.05) is 55.5 Å². The Balaban J connectivity index is 2.14. The Morgan fingerprint density at radius 1 is 1.31 bits per heavy atom. The van der Waals surface area contributed by atoms with E-state index in [1.807, 2.05) is 31.2 Å². The quantitative estimate of drug-likeness (QED) is 0.840. The minimum absolute atomic E-state index is 0.659. The molecular formula is C14H19ClO. The summed E-state index contributed by atoms with van der Waals surface area (Å²) >= 11 is 6.13. The second kappa shape index (κ2) is 4.77. The van der Waals surface area contributed by atoms with Crippen LogP contribution >= 0.6 is 11.6 Å². The van der Waals surface area contributed by atoms with Crippen molar-refractivity contribution in [1.82, 2.24) is 0 Å². The molecule has 1 fully saturated rings. The van der Waals surface area contributed by atoms with Crippen molar-refractivity contribution < 1.29 is 5.11 Å². The first-order valence-corrected chi connectivity index (χ1v) is 6.45. The fourth-order valence-corrected chi connectivity index (χ4v) is 3.12. The van der Waals surface area contributed by atoms with Crippen LogP contribution in [0.25, 0.3) is 0 Å². The largest absolute Gasteiger partial charge is 0.385 e. The molecule has 0 bridgehead atoms. The Morgan fingerprint density at radius 2 is 1.94 bits per heavy atom. The lowest BCUT2D eigenvalue weighted by Crippen LogP contribution is -2.24. The zero-order valence-corrected chi connectivity index (χ0v) is 10.5. The average molecular weight is 239 g/mol. The minimum atomic E-state index is -0.784. The highest BCUT2D eigenvalue weighted by Crippen LogP contribution is 2.38. The molecule has 16 heavy (non-hydrogen) atoms. The molecule has 0 saturated heterocycles. The van der Waals surface area contributed by atoms with Gasteiger partial charge in [-0.15, -0.1) is 0 Å². The molecule has 0 amide bonds. The van der Waals surface area contributed by atoms with Gasteiger partial charge in [-0.05, 0) is 25.3 Å². The summed E-state index contributed by atoms with van der Waals surface area (Å²) in [6, 6.07) is 7.61. The third-order valence-corrected chi connectivity index (χ3v) is 3.94. The van der Waals surface area contributed by atoms with Crippen LogP contribution in [-0.2, 0) is 5.60 Å². The van der Waals surface area contributed by atoms with E-state index in [-0.39, 0.29) is 0 Å². The minimum Gasteiger partial charge on any atom is -0.385 e. The summed E-state index contributed by atoms with van der Waals surface area (Å²) in [4.78, 5) is 0. The van der Waals surface area contributed by atoms with Crippen molar-refractivity contribution in [2.75, 3.05) is 0 Å². The number of aliphatic hydroxyl groups is 1. The molecule has 2 heteroatoms. The summed E-state index contributed by atoms with van der Waals surface area (Å²) in [6.07, 6.45) is 5.95. The Morgan fingerprint density at radius 3 is 2.56 bits per heavy atom. The van der Waals surface area contributed by atoms with Gasteiger partial charge < -0.3 is 5.11 Å². The number of hydrogen-bond donors (Lipinski definition) is 1. The van der Waals surface area contributed by atoms with Crippen molar-refractivity contribution in [3.05, 3.63) is 34.9 Å². The molecule has 0 spiro atoms. The fraction of sp³-hybridized carbons (Fsp3) is 0.571. The van der Waals surface area contributed by atoms with Crippen LogP contribution in [0.4, 0.5) is 0 Å². The molecule has 88 valence electrons. The van der Waals surface area contributed by atoms with Crippen LogP contribution in [0.5, 0.6) is 0 Å². The van der Waals surface area contributed by atoms with E-state index in [0.717, 1.165) is 12.0 Å². The van der Waals surface area contributed by atoms with E-state index in [4.69, 9.17) is 11.6 Å². The van der Waals surface area contributed by atoms with Gasteiger partial charge in [0.05, 0.1) is 5.60 Å². The van der Waals surface area contributed by atoms with Crippen LogP contribution < -0.4 is 0 Å². The van der Waals surface area contributed by atoms with E-state index in [1.54, 1.807) is 0 Å². The van der Waals surface area contributed by atoms with Crippen molar-refractivity contribution in [2.45, 2.75) is 44.6 Å². The number of halogens is 1. The number of hydrogen-bond acceptors (Lipinski definition) is 1. The Kier molecular flexibility index (Phi) is 3.56. The summed E-state index contributed by atoms with van der Waals surface area (Å²) < 4.78 is 0. The molecule has 1 atom stereocenters. The Hall–Kier alpha value is -0.530. The molecule has 1 N–H and O–H groups in total. The average Bonchev–Trinajstić information content (AvgIpc) is 2.70. The van der Waals surface area contributed by atoms with Crippen LogP contribution in [0.15, 0.2) is 24.3 Å². The third-order valence-electron chi connectivity index (χ3n) is 3.61. The zero-order chi connectivity index (χ0) is 11.6. The summed E-state index contributed by atoms with van der Waals surface area (Å²) in [5.74, 6) is 0.659. The van der Waals surface area contributed by atoms with Gasteiger partial charge in [-0.2, -0.15) is 0 Å². The van der Waals surface area contributed by atoms with Crippen LogP contribution in [0, 0.1) is 5.92 Å². The topological polar surface area (TPSA) is 20.2 Å². The van der Waals surface area contributed by atoms with E-state index in [2.05, 4.69) is 0 Å². The lowest BCUT2D eigenvalue weighted by Gasteiger charge is -2.28. The van der Waals surface area contributed by atoms with Gasteiger partial charge in [0.15, 0.2) is 0 Å². The Labute approximate surface area is 102 Å². The van der Waals surface area contributed by atoms with Gasteiger partial charge in [0, 0.05) is 10.6 Å². The predicted octanol–water partition coefficient (Wildman–Crippen LogP) is 4.13. The standard InChI is InChI=1S/C14H19ClO/c1-14(16,10-11-6-2-3-7-11)12-8-4-5-9-13(12)15/h4-5,8-9,11,16H,2-3,6-7,10H2,1H3. The molecule has 0 aliphatic heterocycles. The zero-order valence-electron chi connectivity index (χ0n) is 9.75. The summed E-state index contributed by atoms with van der Waals surface area (Å²) in [6.45, 7) is 1.88. The second-order valence-electron chi connectivity index (χ2n) is 5.11. The molecule has 1 aliphatic rings. The monoisotopic (exact) mass is 238 g/mol. The summed E-state index contributed by atoms with van der Waals surface area (Å²) in [5.41, 5.74) is 0.0800. The molecule has 0 aromatic heterocycles. The molecule has 0 radical (unpaired) electrons. The first kappa shape index (κ1) is 11.9. The van der Waals surface area contributed by atoms with Gasteiger partial charge in [0.1, 0.15) is 0 Å². The smallest absolute Gasteiger partial charge is 0.0885 e. The number of rotatable bonds is 3. The van der Waals surface area contributed by atoms with Crippen molar-refractivity contribution in [3.8, 4) is 0 Å². The third kappa shape index (κ3) is 2.58. The van der Waals surface area contributed by atoms with Gasteiger partial charge >= 0.3 is 0 Å². The van der Waals surface area contributed by atoms with E-state index < -0.39 is 5.60 Å². The van der Waals surface area contributed by atoms with E-state index >= 15 is 0 Å². The van der Waals surface area contributed by atoms with E-state index in [9.17, 15) is 5.11 Å². The van der Waals surface area contributed by atoms with Crippen LogP contribution in [0.3, 0.4) is 0 Å². The molecular weight excluding hydrogens is 220 g/mol. The molecule has 1 aromatic rings. The van der Waals surface area contributed by atoms with Gasteiger partial charge in [-0.3, -0.25) is 0 Å². The SMILES string of the molecule is CC(O)(CC1CCCC1)c1ccccc1Cl. The van der Waals surface area contributed by atoms with Gasteiger partial charge in [-0.25, -0.2) is 0 Å². The maximum atomic E-state index is 10.5. The Bertz CT molecular complexity index is 354. The molecule has 1 nitrogen and oxygen atoms in total. The molecule has 1 aliphatic carbocycles. The van der Waals surface area contributed by atoms with Crippen molar-refractivity contribution >= 4 is 11.6 Å². The molecule has 2 rings (SSSR count). The first-order valence-electron chi connectivity index (χ1n) is 6.07. The highest BCUT2D eigenvalue weighted by molar-refractivity contribution is 6.31. The normalized spacial score (nSPS) is 20.9.